The Morgan fingerprint density at radius 1 is 1.17 bits per heavy atom. The lowest BCUT2D eigenvalue weighted by atomic mass is 10.2. The van der Waals surface area contributed by atoms with Gasteiger partial charge in [-0.05, 0) is 55.6 Å². The molecule has 1 heterocycles. The zero-order chi connectivity index (χ0) is 13.0. The molecular formula is C13H12Br2N2O. The molecule has 0 aliphatic rings. The lowest BCUT2D eigenvalue weighted by molar-refractivity contribution is 0.398. The zero-order valence-electron chi connectivity index (χ0n) is 9.78. The minimum Gasteiger partial charge on any atom is -0.481 e. The second-order valence-electron chi connectivity index (χ2n) is 3.69. The van der Waals surface area contributed by atoms with Gasteiger partial charge >= 0.3 is 0 Å². The quantitative estimate of drug-likeness (QED) is 0.873. The number of methoxy groups -OCH3 is 1. The van der Waals surface area contributed by atoms with Crippen molar-refractivity contribution in [3.8, 4) is 5.88 Å². The lowest BCUT2D eigenvalue weighted by Gasteiger charge is -2.07. The molecule has 2 rings (SSSR count). The fraction of sp³-hybridized carbons (Fsp3) is 0.154. The van der Waals surface area contributed by atoms with Crippen molar-refractivity contribution in [2.75, 3.05) is 12.4 Å². The van der Waals surface area contributed by atoms with E-state index in [-0.39, 0.29) is 0 Å². The molecule has 0 spiro atoms. The highest BCUT2D eigenvalue weighted by Gasteiger charge is 1.99. The van der Waals surface area contributed by atoms with Gasteiger partial charge in [-0.2, -0.15) is 0 Å². The Kier molecular flexibility index (Phi) is 4.60. The number of rotatable bonds is 4. The fourth-order valence-electron chi connectivity index (χ4n) is 1.46. The third-order valence-electron chi connectivity index (χ3n) is 2.43. The molecule has 5 heteroatoms. The molecule has 3 nitrogen and oxygen atoms in total. The van der Waals surface area contributed by atoms with Crippen molar-refractivity contribution in [3.63, 3.8) is 0 Å². The van der Waals surface area contributed by atoms with E-state index in [4.69, 9.17) is 4.74 Å². The zero-order valence-corrected chi connectivity index (χ0v) is 13.0. The second-order valence-corrected chi connectivity index (χ2v) is 5.40. The first-order chi connectivity index (χ1) is 8.69. The molecule has 0 bridgehead atoms. The predicted molar refractivity (Wildman–Crippen MR) is 80.0 cm³/mol. The number of halogens is 2. The first kappa shape index (κ1) is 13.4. The molecule has 1 aromatic carbocycles. The molecule has 0 fully saturated rings. The van der Waals surface area contributed by atoms with Crippen LogP contribution in [-0.2, 0) is 6.54 Å². The van der Waals surface area contributed by atoms with Crippen LogP contribution in [0.15, 0.2) is 45.5 Å². The molecule has 0 saturated heterocycles. The highest BCUT2D eigenvalue weighted by Crippen LogP contribution is 2.24. The minimum atomic E-state index is 0.618. The second kappa shape index (κ2) is 6.20. The summed E-state index contributed by atoms with van der Waals surface area (Å²) < 4.78 is 7.11. The van der Waals surface area contributed by atoms with Crippen LogP contribution in [-0.4, -0.2) is 12.1 Å². The first-order valence-corrected chi connectivity index (χ1v) is 6.95. The van der Waals surface area contributed by atoms with Crippen molar-refractivity contribution in [2.45, 2.75) is 6.54 Å². The van der Waals surface area contributed by atoms with Crippen LogP contribution in [0.25, 0.3) is 0 Å². The minimum absolute atomic E-state index is 0.618. The molecule has 18 heavy (non-hydrogen) atoms. The Bertz CT molecular complexity index is 529. The maximum atomic E-state index is 5.01. The van der Waals surface area contributed by atoms with Gasteiger partial charge in [-0.15, -0.1) is 0 Å². The van der Waals surface area contributed by atoms with E-state index in [1.165, 1.54) is 5.56 Å². The van der Waals surface area contributed by atoms with Crippen LogP contribution < -0.4 is 10.1 Å². The summed E-state index contributed by atoms with van der Waals surface area (Å²) in [5.41, 5.74) is 2.16. The normalized spacial score (nSPS) is 10.2. The van der Waals surface area contributed by atoms with Gasteiger partial charge in [0.15, 0.2) is 0 Å². The van der Waals surface area contributed by atoms with E-state index in [9.17, 15) is 0 Å². The van der Waals surface area contributed by atoms with E-state index in [1.807, 2.05) is 18.2 Å². The number of ether oxygens (including phenoxy) is 1. The smallest absolute Gasteiger partial charge is 0.213 e. The average Bonchev–Trinajstić information content (AvgIpc) is 2.41. The Morgan fingerprint density at radius 2 is 2.00 bits per heavy atom. The molecule has 94 valence electrons. The molecule has 0 radical (unpaired) electrons. The van der Waals surface area contributed by atoms with Crippen LogP contribution in [0.4, 0.5) is 5.69 Å². The van der Waals surface area contributed by atoms with Crippen LogP contribution in [0.1, 0.15) is 5.56 Å². The van der Waals surface area contributed by atoms with E-state index in [2.05, 4.69) is 54.3 Å². The van der Waals surface area contributed by atoms with E-state index in [0.29, 0.717) is 5.88 Å². The Hall–Kier alpha value is -1.07. The van der Waals surface area contributed by atoms with Crippen LogP contribution >= 0.6 is 31.9 Å². The SMILES string of the molecule is COc1ccc(NCc2ccc(Br)c(Br)c2)cn1. The summed E-state index contributed by atoms with van der Waals surface area (Å²) in [6, 6.07) is 9.94. The molecule has 0 unspecified atom stereocenters. The highest BCUT2D eigenvalue weighted by atomic mass is 79.9. The van der Waals surface area contributed by atoms with Gasteiger partial charge in [0.1, 0.15) is 0 Å². The predicted octanol–water partition coefficient (Wildman–Crippen LogP) is 4.23. The monoisotopic (exact) mass is 370 g/mol. The molecule has 0 saturated carbocycles. The van der Waals surface area contributed by atoms with Gasteiger partial charge < -0.3 is 10.1 Å². The largest absolute Gasteiger partial charge is 0.481 e. The van der Waals surface area contributed by atoms with Crippen molar-refractivity contribution in [1.29, 1.82) is 0 Å². The molecular weight excluding hydrogens is 360 g/mol. The van der Waals surface area contributed by atoms with Crippen LogP contribution in [0.5, 0.6) is 5.88 Å². The molecule has 0 aliphatic heterocycles. The van der Waals surface area contributed by atoms with E-state index in [1.54, 1.807) is 13.3 Å². The van der Waals surface area contributed by atoms with Crippen molar-refractivity contribution < 1.29 is 4.74 Å². The Morgan fingerprint density at radius 3 is 2.61 bits per heavy atom. The van der Waals surface area contributed by atoms with Gasteiger partial charge in [0.25, 0.3) is 0 Å². The topological polar surface area (TPSA) is 34.1 Å². The van der Waals surface area contributed by atoms with Gasteiger partial charge in [0.05, 0.1) is 19.0 Å². The van der Waals surface area contributed by atoms with Gasteiger partial charge in [-0.1, -0.05) is 6.07 Å². The lowest BCUT2D eigenvalue weighted by Crippen LogP contribution is -2.00. The Balaban J connectivity index is 1.99. The maximum absolute atomic E-state index is 5.01. The molecule has 0 aliphatic carbocycles. The third-order valence-corrected chi connectivity index (χ3v) is 4.31. The summed E-state index contributed by atoms with van der Waals surface area (Å²) in [6.07, 6.45) is 1.76. The van der Waals surface area contributed by atoms with Crippen LogP contribution in [0.3, 0.4) is 0 Å². The summed E-state index contributed by atoms with van der Waals surface area (Å²) in [4.78, 5) is 4.14. The number of anilines is 1. The fourth-order valence-corrected chi connectivity index (χ4v) is 2.13. The summed E-state index contributed by atoms with van der Waals surface area (Å²) in [5.74, 6) is 0.618. The standard InChI is InChI=1S/C13H12Br2N2O/c1-18-13-5-3-10(8-17-13)16-7-9-2-4-11(14)12(15)6-9/h2-6,8,16H,7H2,1H3. The number of benzene rings is 1. The van der Waals surface area contributed by atoms with Crippen molar-refractivity contribution in [3.05, 3.63) is 51.0 Å². The van der Waals surface area contributed by atoms with E-state index in [0.717, 1.165) is 21.2 Å². The van der Waals surface area contributed by atoms with Gasteiger partial charge in [-0.25, -0.2) is 4.98 Å². The summed E-state index contributed by atoms with van der Waals surface area (Å²) in [6.45, 7) is 0.750. The maximum Gasteiger partial charge on any atom is 0.213 e. The van der Waals surface area contributed by atoms with Crippen molar-refractivity contribution in [2.24, 2.45) is 0 Å². The number of hydrogen-bond acceptors (Lipinski definition) is 3. The molecule has 1 N–H and O–H groups in total. The molecule has 1 aromatic heterocycles. The van der Waals surface area contributed by atoms with Gasteiger partial charge in [0.2, 0.25) is 5.88 Å². The summed E-state index contributed by atoms with van der Waals surface area (Å²) >= 11 is 6.94. The van der Waals surface area contributed by atoms with Gasteiger partial charge in [0, 0.05) is 21.6 Å². The number of pyridine rings is 1. The van der Waals surface area contributed by atoms with Crippen molar-refractivity contribution in [1.82, 2.24) is 4.98 Å². The molecule has 2 aromatic rings. The summed E-state index contributed by atoms with van der Waals surface area (Å²) in [5, 5.41) is 3.30. The van der Waals surface area contributed by atoms with Crippen LogP contribution in [0, 0.1) is 0 Å². The average molecular weight is 372 g/mol. The number of nitrogens with one attached hydrogen (secondary N) is 1. The van der Waals surface area contributed by atoms with Gasteiger partial charge in [-0.3, -0.25) is 0 Å². The summed E-state index contributed by atoms with van der Waals surface area (Å²) in [7, 11) is 1.61. The first-order valence-electron chi connectivity index (χ1n) is 5.37. The van der Waals surface area contributed by atoms with E-state index < -0.39 is 0 Å². The third kappa shape index (κ3) is 3.46. The number of hydrogen-bond donors (Lipinski definition) is 1. The van der Waals surface area contributed by atoms with Crippen LogP contribution in [0.2, 0.25) is 0 Å². The number of aromatic nitrogens is 1. The number of nitrogens with zero attached hydrogens (tertiary/aromatic N) is 1. The molecule has 0 amide bonds. The van der Waals surface area contributed by atoms with Crippen molar-refractivity contribution >= 4 is 37.5 Å². The Labute approximate surface area is 123 Å². The highest BCUT2D eigenvalue weighted by molar-refractivity contribution is 9.13. The molecule has 0 atom stereocenters. The van der Waals surface area contributed by atoms with E-state index >= 15 is 0 Å².